The Morgan fingerprint density at radius 2 is 1.52 bits per heavy atom. The molecule has 0 aliphatic heterocycles. The zero-order chi connectivity index (χ0) is 21.9. The van der Waals surface area contributed by atoms with Gasteiger partial charge in [-0.25, -0.2) is 0 Å². The molecule has 3 nitrogen and oxygen atoms in total. The van der Waals surface area contributed by atoms with Gasteiger partial charge in [0, 0.05) is 6.61 Å². The number of hydrogen-bond acceptors (Lipinski definition) is 3. The van der Waals surface area contributed by atoms with E-state index in [1.807, 2.05) is 37.3 Å². The van der Waals surface area contributed by atoms with E-state index in [1.165, 1.54) is 0 Å². The standard InChI is InChI=1S/C15H21F2O3.2C4H9.Al/c1-3-8-13(15(16,17)14(18)19-4-2)20-11-12-9-6-5-7-10-12;2*1-4(2)3;/h5-7,9-10,13-14H,3-4,8,11H2,1-2H3;2*4H,1H2,2-3H3;/q-1;;;+1. The van der Waals surface area contributed by atoms with Gasteiger partial charge >= 0.3 is 20.4 Å². The fraction of sp³-hybridized carbons (Fsp3) is 0.739. The van der Waals surface area contributed by atoms with E-state index in [-0.39, 0.29) is 19.6 Å². The summed E-state index contributed by atoms with van der Waals surface area (Å²) in [6.45, 7) is 12.4. The minimum atomic E-state index is -3.21. The average molecular weight is 429 g/mol. The van der Waals surface area contributed by atoms with Crippen molar-refractivity contribution in [2.45, 2.75) is 89.9 Å². The lowest BCUT2D eigenvalue weighted by Gasteiger charge is -2.35. The molecule has 0 saturated carbocycles. The molecule has 166 valence electrons. The summed E-state index contributed by atoms with van der Waals surface area (Å²) in [7, 11) is 0. The Labute approximate surface area is 180 Å². The lowest BCUT2D eigenvalue weighted by Crippen LogP contribution is -2.50. The molecule has 1 aromatic carbocycles. The van der Waals surface area contributed by atoms with Crippen LogP contribution in [0.4, 0.5) is 8.78 Å². The van der Waals surface area contributed by atoms with Gasteiger partial charge in [0.05, 0.1) is 6.61 Å². The second kappa shape index (κ2) is 13.7. The van der Waals surface area contributed by atoms with E-state index in [2.05, 4.69) is 27.7 Å². The molecule has 2 unspecified atom stereocenters. The van der Waals surface area contributed by atoms with E-state index >= 15 is 8.78 Å². The Kier molecular flexibility index (Phi) is 12.6. The number of halogens is 2. The first-order valence-electron chi connectivity index (χ1n) is 11.0. The van der Waals surface area contributed by atoms with Crippen LogP contribution in [0, 0.1) is 11.8 Å². The lowest BCUT2D eigenvalue weighted by atomic mass is 10.1. The van der Waals surface area contributed by atoms with Crippen LogP contribution in [0.3, 0.4) is 0 Å². The molecule has 1 aromatic rings. The number of ether oxygens (including phenoxy) is 2. The van der Waals surface area contributed by atoms with Crippen LogP contribution in [-0.2, 0) is 19.9 Å². The average Bonchev–Trinajstić information content (AvgIpc) is 2.64. The molecule has 29 heavy (non-hydrogen) atoms. The summed E-state index contributed by atoms with van der Waals surface area (Å²) in [6.07, 6.45) is -1.92. The zero-order valence-electron chi connectivity index (χ0n) is 19.0. The third-order valence-corrected chi connectivity index (χ3v) is 8.26. The van der Waals surface area contributed by atoms with Crippen molar-refractivity contribution in [3.63, 3.8) is 0 Å². The molecule has 0 aromatic heterocycles. The molecule has 0 aliphatic rings. The van der Waals surface area contributed by atoms with Gasteiger partial charge in [-0.2, -0.15) is 8.78 Å². The highest BCUT2D eigenvalue weighted by Gasteiger charge is 2.50. The Morgan fingerprint density at radius 3 is 2.00 bits per heavy atom. The Morgan fingerprint density at radius 1 is 0.931 bits per heavy atom. The predicted octanol–water partition coefficient (Wildman–Crippen LogP) is 6.69. The maximum absolute atomic E-state index is 15.5. The molecule has 1 rings (SSSR count). The van der Waals surface area contributed by atoms with Crippen molar-refractivity contribution in [1.82, 2.24) is 0 Å². The van der Waals surface area contributed by atoms with Crippen LogP contribution in [-0.4, -0.2) is 39.4 Å². The highest BCUT2D eigenvalue weighted by atomic mass is 27.2. The fourth-order valence-electron chi connectivity index (χ4n) is 3.40. The Balaban J connectivity index is 2.95. The van der Waals surface area contributed by atoms with Gasteiger partial charge in [-0.1, -0.05) is 93.8 Å². The molecular formula is C23H39AlF2O3. The Hall–Kier alpha value is -0.508. The van der Waals surface area contributed by atoms with Gasteiger partial charge in [0.2, 0.25) is 0 Å². The van der Waals surface area contributed by atoms with Gasteiger partial charge < -0.3 is 13.3 Å². The maximum atomic E-state index is 15.5. The zero-order valence-corrected chi connectivity index (χ0v) is 20.2. The quantitative estimate of drug-likeness (QED) is 0.230. The molecular weight excluding hydrogens is 389 g/mol. The second-order valence-corrected chi connectivity index (χ2v) is 11.0. The van der Waals surface area contributed by atoms with Crippen molar-refractivity contribution < 1.29 is 22.0 Å². The van der Waals surface area contributed by atoms with Gasteiger partial charge in [0.15, 0.2) is 6.29 Å². The van der Waals surface area contributed by atoms with Crippen molar-refractivity contribution >= 4 is 14.5 Å². The van der Waals surface area contributed by atoms with Crippen LogP contribution in [0.1, 0.15) is 59.9 Å². The smallest absolute Gasteiger partial charge is 0.463 e. The number of rotatable bonds is 15. The topological polar surface area (TPSA) is 27.7 Å². The second-order valence-electron chi connectivity index (χ2n) is 8.55. The fourth-order valence-corrected chi connectivity index (χ4v) is 6.53. The molecule has 0 spiro atoms. The van der Waals surface area contributed by atoms with E-state index in [9.17, 15) is 0 Å². The molecule has 0 N–H and O–H groups in total. The summed E-state index contributed by atoms with van der Waals surface area (Å²) in [5.41, 5.74) is 0.880. The molecule has 0 amide bonds. The van der Waals surface area contributed by atoms with Crippen molar-refractivity contribution in [2.24, 2.45) is 11.8 Å². The lowest BCUT2D eigenvalue weighted by molar-refractivity contribution is -0.269. The molecule has 0 aliphatic carbocycles. The van der Waals surface area contributed by atoms with Crippen molar-refractivity contribution in [1.29, 1.82) is 0 Å². The molecule has 0 heterocycles. The van der Waals surface area contributed by atoms with E-state index in [0.29, 0.717) is 18.3 Å². The summed E-state index contributed by atoms with van der Waals surface area (Å²) < 4.78 is 48.2. The van der Waals surface area contributed by atoms with Gasteiger partial charge in [-0.15, -0.1) is 0 Å². The van der Waals surface area contributed by atoms with E-state index < -0.39 is 32.8 Å². The molecule has 0 bridgehead atoms. The van der Waals surface area contributed by atoms with Crippen molar-refractivity contribution in [3.8, 4) is 0 Å². The molecule has 0 radical (unpaired) electrons. The van der Waals surface area contributed by atoms with Crippen LogP contribution in [0.25, 0.3) is 0 Å². The summed E-state index contributed by atoms with van der Waals surface area (Å²) >= 11 is -1.84. The largest absolute Gasteiger partial charge is 0.473 e. The number of alkyl halides is 2. The first-order valence-corrected chi connectivity index (χ1v) is 13.1. The van der Waals surface area contributed by atoms with Crippen LogP contribution in [0.15, 0.2) is 30.3 Å². The van der Waals surface area contributed by atoms with E-state index in [0.717, 1.165) is 16.1 Å². The van der Waals surface area contributed by atoms with Crippen LogP contribution >= 0.6 is 0 Å². The molecule has 2 atom stereocenters. The minimum absolute atomic E-state index is 0.152. The van der Waals surface area contributed by atoms with Crippen molar-refractivity contribution in [2.75, 3.05) is 6.61 Å². The molecule has 0 fully saturated rings. The number of benzene rings is 1. The summed E-state index contributed by atoms with van der Waals surface area (Å²) in [5, 5.41) is 1.72. The van der Waals surface area contributed by atoms with Gasteiger partial charge in [0.25, 0.3) is 0 Å². The molecule has 0 saturated heterocycles. The van der Waals surface area contributed by atoms with E-state index in [4.69, 9.17) is 13.3 Å². The first kappa shape index (κ1) is 26.5. The third kappa shape index (κ3) is 9.89. The van der Waals surface area contributed by atoms with Gasteiger partial charge in [-0.05, 0) is 18.9 Å². The highest BCUT2D eigenvalue weighted by molar-refractivity contribution is 6.52. The summed E-state index contributed by atoms with van der Waals surface area (Å²) in [4.78, 5) is 0. The summed E-state index contributed by atoms with van der Waals surface area (Å²) in [5.74, 6) is -2.37. The SMILES string of the molecule is CCCC(OCc1ccccc1)C(F)(F)C(OCC)[O][Al]([CH2]C(C)C)[CH2]C(C)C. The van der Waals surface area contributed by atoms with Crippen LogP contribution < -0.4 is 0 Å². The van der Waals surface area contributed by atoms with Crippen LogP contribution in [0.2, 0.25) is 10.6 Å². The first-order chi connectivity index (χ1) is 13.7. The van der Waals surface area contributed by atoms with Crippen LogP contribution in [0.5, 0.6) is 0 Å². The monoisotopic (exact) mass is 428 g/mol. The van der Waals surface area contributed by atoms with Gasteiger partial charge in [-0.3, -0.25) is 0 Å². The third-order valence-electron chi connectivity index (χ3n) is 4.69. The highest BCUT2D eigenvalue weighted by Crippen LogP contribution is 2.33. The molecule has 6 heteroatoms. The van der Waals surface area contributed by atoms with Crippen molar-refractivity contribution in [3.05, 3.63) is 35.9 Å². The summed E-state index contributed by atoms with van der Waals surface area (Å²) in [6, 6.07) is 9.42. The van der Waals surface area contributed by atoms with Gasteiger partial charge in [0.1, 0.15) is 6.10 Å². The maximum Gasteiger partial charge on any atom is 0.463 e. The Bertz CT molecular complexity index is 530. The van der Waals surface area contributed by atoms with E-state index in [1.54, 1.807) is 6.92 Å². The minimum Gasteiger partial charge on any atom is -0.473 e. The normalized spacial score (nSPS) is 14.4. The number of hydrogen-bond donors (Lipinski definition) is 0. The predicted molar refractivity (Wildman–Crippen MR) is 116 cm³/mol.